The lowest BCUT2D eigenvalue weighted by Gasteiger charge is -2.33. The predicted molar refractivity (Wildman–Crippen MR) is 121 cm³/mol. The van der Waals surface area contributed by atoms with E-state index in [0.717, 1.165) is 44.8 Å². The van der Waals surface area contributed by atoms with Gasteiger partial charge >= 0.3 is 12.2 Å². The standard InChI is InChI=1S/C23H32N2O7S/c1-33(28,29)21-9-7-17(8-10-21)25-15-20(32-23(25)27)16-30-18-11-13-24(14-12-18)22(26)31-19-5-3-2-4-6-19/h7-10,18-20H,2-6,11-16H2,1H3. The Morgan fingerprint density at radius 3 is 2.33 bits per heavy atom. The zero-order chi connectivity index (χ0) is 23.4. The van der Waals surface area contributed by atoms with Crippen LogP contribution in [0, 0.1) is 0 Å². The fourth-order valence-electron chi connectivity index (χ4n) is 4.54. The lowest BCUT2D eigenvalue weighted by molar-refractivity contribution is -0.0305. The monoisotopic (exact) mass is 480 g/mol. The third-order valence-electron chi connectivity index (χ3n) is 6.49. The molecule has 0 N–H and O–H groups in total. The smallest absolute Gasteiger partial charge is 0.414 e. The van der Waals surface area contributed by atoms with Crippen LogP contribution in [0.3, 0.4) is 0 Å². The zero-order valence-electron chi connectivity index (χ0n) is 19.0. The third kappa shape index (κ3) is 6.17. The van der Waals surface area contributed by atoms with Gasteiger partial charge in [-0.05, 0) is 62.8 Å². The fraction of sp³-hybridized carbons (Fsp3) is 0.652. The second-order valence-electron chi connectivity index (χ2n) is 9.05. The molecular weight excluding hydrogens is 448 g/mol. The molecule has 2 amide bonds. The largest absolute Gasteiger partial charge is 0.446 e. The summed E-state index contributed by atoms with van der Waals surface area (Å²) in [6.07, 6.45) is 6.95. The van der Waals surface area contributed by atoms with Crippen molar-refractivity contribution in [2.45, 2.75) is 68.2 Å². The molecule has 1 aromatic carbocycles. The first-order valence-electron chi connectivity index (χ1n) is 11.6. The van der Waals surface area contributed by atoms with Crippen LogP contribution in [0.5, 0.6) is 0 Å². The van der Waals surface area contributed by atoms with E-state index < -0.39 is 22.0 Å². The number of ether oxygens (including phenoxy) is 3. The second kappa shape index (κ2) is 10.3. The number of piperidine rings is 1. The van der Waals surface area contributed by atoms with Gasteiger partial charge in [0.1, 0.15) is 12.2 Å². The normalized spacial score (nSPS) is 22.9. The van der Waals surface area contributed by atoms with Gasteiger partial charge in [0.2, 0.25) is 0 Å². The highest BCUT2D eigenvalue weighted by atomic mass is 32.2. The van der Waals surface area contributed by atoms with E-state index in [-0.39, 0.29) is 29.8 Å². The molecule has 182 valence electrons. The summed E-state index contributed by atoms with van der Waals surface area (Å²) in [5, 5.41) is 0. The summed E-state index contributed by atoms with van der Waals surface area (Å²) in [7, 11) is -3.29. The molecule has 2 heterocycles. The van der Waals surface area contributed by atoms with Crippen LogP contribution in [0.15, 0.2) is 29.2 Å². The maximum atomic E-state index is 12.4. The summed E-state index contributed by atoms with van der Waals surface area (Å²) in [6.45, 7) is 1.81. The quantitative estimate of drug-likeness (QED) is 0.615. The van der Waals surface area contributed by atoms with Crippen LogP contribution < -0.4 is 4.90 Å². The van der Waals surface area contributed by atoms with E-state index in [1.54, 1.807) is 17.0 Å². The maximum Gasteiger partial charge on any atom is 0.414 e. The number of nitrogens with zero attached hydrogens (tertiary/aromatic N) is 2. The number of hydrogen-bond donors (Lipinski definition) is 0. The number of carbonyl (C=O) groups is 2. The van der Waals surface area contributed by atoms with Gasteiger partial charge in [0.25, 0.3) is 0 Å². The third-order valence-corrected chi connectivity index (χ3v) is 7.62. The Hall–Kier alpha value is -2.33. The van der Waals surface area contributed by atoms with Gasteiger partial charge < -0.3 is 19.1 Å². The van der Waals surface area contributed by atoms with Gasteiger partial charge in [-0.25, -0.2) is 18.0 Å². The minimum atomic E-state index is -3.29. The van der Waals surface area contributed by atoms with Crippen LogP contribution in [0.4, 0.5) is 15.3 Å². The number of carbonyl (C=O) groups excluding carboxylic acids is 2. The first-order chi connectivity index (χ1) is 15.8. The summed E-state index contributed by atoms with van der Waals surface area (Å²) < 4.78 is 40.3. The van der Waals surface area contributed by atoms with Crippen molar-refractivity contribution in [2.24, 2.45) is 0 Å². The van der Waals surface area contributed by atoms with Gasteiger partial charge in [-0.1, -0.05) is 6.42 Å². The summed E-state index contributed by atoms with van der Waals surface area (Å²) in [5.74, 6) is 0. The van der Waals surface area contributed by atoms with Crippen molar-refractivity contribution in [3.8, 4) is 0 Å². The minimum Gasteiger partial charge on any atom is -0.446 e. The lowest BCUT2D eigenvalue weighted by atomic mass is 9.98. The van der Waals surface area contributed by atoms with Gasteiger partial charge in [0.05, 0.1) is 24.2 Å². The number of likely N-dealkylation sites (tertiary alicyclic amines) is 1. The van der Waals surface area contributed by atoms with Crippen LogP contribution in [-0.4, -0.2) is 76.3 Å². The summed E-state index contributed by atoms with van der Waals surface area (Å²) in [6, 6.07) is 6.16. The summed E-state index contributed by atoms with van der Waals surface area (Å²) in [4.78, 5) is 28.1. The van der Waals surface area contributed by atoms with Gasteiger partial charge in [-0.2, -0.15) is 0 Å². The van der Waals surface area contributed by atoms with Crippen molar-refractivity contribution in [1.29, 1.82) is 0 Å². The SMILES string of the molecule is CS(=O)(=O)c1ccc(N2CC(COC3CCN(C(=O)OC4CCCCC4)CC3)OC2=O)cc1. The van der Waals surface area contributed by atoms with Crippen LogP contribution in [-0.2, 0) is 24.0 Å². The van der Waals surface area contributed by atoms with Gasteiger partial charge in [-0.15, -0.1) is 0 Å². The molecule has 1 aromatic rings. The Kier molecular flexibility index (Phi) is 7.43. The van der Waals surface area contributed by atoms with E-state index in [2.05, 4.69) is 0 Å². The molecule has 0 radical (unpaired) electrons. The molecule has 4 rings (SSSR count). The van der Waals surface area contributed by atoms with Gasteiger partial charge in [0.15, 0.2) is 9.84 Å². The van der Waals surface area contributed by atoms with Gasteiger partial charge in [-0.3, -0.25) is 4.90 Å². The number of sulfone groups is 1. The van der Waals surface area contributed by atoms with E-state index in [9.17, 15) is 18.0 Å². The highest BCUT2D eigenvalue weighted by molar-refractivity contribution is 7.90. The molecule has 0 aromatic heterocycles. The fourth-order valence-corrected chi connectivity index (χ4v) is 5.17. The maximum absolute atomic E-state index is 12.4. The first-order valence-corrected chi connectivity index (χ1v) is 13.5. The number of benzene rings is 1. The summed E-state index contributed by atoms with van der Waals surface area (Å²) >= 11 is 0. The molecule has 10 heteroatoms. The van der Waals surface area contributed by atoms with Crippen molar-refractivity contribution in [1.82, 2.24) is 4.90 Å². The molecule has 33 heavy (non-hydrogen) atoms. The van der Waals surface area contributed by atoms with E-state index in [1.165, 1.54) is 23.5 Å². The van der Waals surface area contributed by atoms with Crippen LogP contribution in [0.25, 0.3) is 0 Å². The summed E-state index contributed by atoms with van der Waals surface area (Å²) in [5.41, 5.74) is 0.583. The van der Waals surface area contributed by atoms with Crippen LogP contribution in [0.2, 0.25) is 0 Å². The molecule has 3 fully saturated rings. The number of amides is 2. The molecule has 2 saturated heterocycles. The molecule has 1 unspecified atom stereocenters. The molecular formula is C23H32N2O7S. The average molecular weight is 481 g/mol. The minimum absolute atomic E-state index is 0.00512. The topological polar surface area (TPSA) is 102 Å². The number of anilines is 1. The predicted octanol–water partition coefficient (Wildman–Crippen LogP) is 3.37. The first kappa shape index (κ1) is 23.8. The van der Waals surface area contributed by atoms with E-state index in [1.807, 2.05) is 0 Å². The Balaban J connectivity index is 1.20. The molecule has 3 aliphatic rings. The van der Waals surface area contributed by atoms with Crippen molar-refractivity contribution in [3.05, 3.63) is 24.3 Å². The average Bonchev–Trinajstić information content (AvgIpc) is 3.18. The molecule has 9 nitrogen and oxygen atoms in total. The Morgan fingerprint density at radius 2 is 1.70 bits per heavy atom. The Morgan fingerprint density at radius 1 is 1.03 bits per heavy atom. The number of rotatable bonds is 6. The van der Waals surface area contributed by atoms with Crippen molar-refractivity contribution < 1.29 is 32.2 Å². The lowest BCUT2D eigenvalue weighted by Crippen LogP contribution is -2.43. The second-order valence-corrected chi connectivity index (χ2v) is 11.1. The van der Waals surface area contributed by atoms with Crippen LogP contribution in [0.1, 0.15) is 44.9 Å². The van der Waals surface area contributed by atoms with Gasteiger partial charge in [0, 0.05) is 25.0 Å². The number of cyclic esters (lactones) is 1. The highest BCUT2D eigenvalue weighted by Crippen LogP contribution is 2.25. The van der Waals surface area contributed by atoms with Crippen molar-refractivity contribution >= 4 is 27.7 Å². The number of hydrogen-bond acceptors (Lipinski definition) is 7. The molecule has 1 atom stereocenters. The Labute approximate surface area is 194 Å². The van der Waals surface area contributed by atoms with Crippen molar-refractivity contribution in [2.75, 3.05) is 37.4 Å². The van der Waals surface area contributed by atoms with E-state index in [4.69, 9.17) is 14.2 Å². The molecule has 1 saturated carbocycles. The molecule has 1 aliphatic carbocycles. The molecule has 0 spiro atoms. The molecule has 2 aliphatic heterocycles. The van der Waals surface area contributed by atoms with Crippen molar-refractivity contribution in [3.63, 3.8) is 0 Å². The Bertz CT molecular complexity index is 936. The highest BCUT2D eigenvalue weighted by Gasteiger charge is 2.34. The zero-order valence-corrected chi connectivity index (χ0v) is 19.8. The van der Waals surface area contributed by atoms with E-state index in [0.29, 0.717) is 25.3 Å². The van der Waals surface area contributed by atoms with E-state index >= 15 is 0 Å². The molecule has 0 bridgehead atoms. The van der Waals surface area contributed by atoms with Crippen LogP contribution >= 0.6 is 0 Å².